The first kappa shape index (κ1) is 35.3. The summed E-state index contributed by atoms with van der Waals surface area (Å²) in [6.45, 7) is 1.13. The lowest BCUT2D eigenvalue weighted by Gasteiger charge is -2.28. The minimum Gasteiger partial charge on any atom is -0.490 e. The van der Waals surface area contributed by atoms with Gasteiger partial charge in [-0.05, 0) is 97.9 Å². The SMILES string of the molecule is Cc1ccc(SCCCC(=O)N(C)C[C@H](O)[C@@H](O)[C@H](O)[C@H](O)CO)nc1CCC1(c2cnccc2-c2ccccc2OC2CC2)CC1. The van der Waals surface area contributed by atoms with Gasteiger partial charge >= 0.3 is 0 Å². The summed E-state index contributed by atoms with van der Waals surface area (Å²) in [6.07, 6.45) is 4.91. The average Bonchev–Trinajstić information content (AvgIpc) is 4.03. The van der Waals surface area contributed by atoms with Crippen LogP contribution in [0.4, 0.5) is 0 Å². The number of hydrogen-bond acceptors (Lipinski definition) is 10. The number of para-hydroxylation sites is 1. The highest BCUT2D eigenvalue weighted by Crippen LogP contribution is 2.54. The van der Waals surface area contributed by atoms with E-state index in [1.165, 1.54) is 23.1 Å². The smallest absolute Gasteiger partial charge is 0.222 e. The molecule has 1 aromatic carbocycles. The lowest BCUT2D eigenvalue weighted by molar-refractivity contribution is -0.138. The molecule has 0 spiro atoms. The Morgan fingerprint density at radius 2 is 1.79 bits per heavy atom. The fourth-order valence-corrected chi connectivity index (χ4v) is 6.74. The zero-order valence-electron chi connectivity index (χ0n) is 27.2. The third-order valence-corrected chi connectivity index (χ3v) is 10.3. The van der Waals surface area contributed by atoms with Crippen molar-refractivity contribution in [3.63, 3.8) is 0 Å². The average molecular weight is 666 g/mol. The van der Waals surface area contributed by atoms with Gasteiger partial charge in [-0.15, -0.1) is 11.8 Å². The molecule has 2 fully saturated rings. The molecule has 47 heavy (non-hydrogen) atoms. The molecule has 0 aliphatic heterocycles. The predicted molar refractivity (Wildman–Crippen MR) is 180 cm³/mol. The molecule has 0 unspecified atom stereocenters. The van der Waals surface area contributed by atoms with Crippen LogP contribution in [-0.4, -0.2) is 103 Å². The monoisotopic (exact) mass is 665 g/mol. The number of amides is 1. The molecule has 4 atom stereocenters. The van der Waals surface area contributed by atoms with Crippen molar-refractivity contribution in [3.05, 3.63) is 71.7 Å². The Hall–Kier alpha value is -3.06. The van der Waals surface area contributed by atoms with Crippen LogP contribution in [0.1, 0.15) is 61.8 Å². The third kappa shape index (κ3) is 9.10. The van der Waals surface area contributed by atoms with Crippen molar-refractivity contribution in [1.82, 2.24) is 14.9 Å². The second-order valence-corrected chi connectivity index (χ2v) is 14.1. The molecule has 2 saturated carbocycles. The van der Waals surface area contributed by atoms with E-state index < -0.39 is 31.0 Å². The number of likely N-dealkylation sites (N-methyl/N-ethyl adjacent to an activating group) is 1. The molecular formula is C36H47N3O7S. The van der Waals surface area contributed by atoms with E-state index >= 15 is 0 Å². The van der Waals surface area contributed by atoms with Crippen LogP contribution in [0.3, 0.4) is 0 Å². The number of aliphatic hydroxyl groups is 5. The van der Waals surface area contributed by atoms with Crippen LogP contribution in [0, 0.1) is 6.92 Å². The van der Waals surface area contributed by atoms with Crippen LogP contribution < -0.4 is 4.74 Å². The summed E-state index contributed by atoms with van der Waals surface area (Å²) in [6, 6.07) is 14.6. The van der Waals surface area contributed by atoms with Crippen molar-refractivity contribution in [3.8, 4) is 16.9 Å². The highest BCUT2D eigenvalue weighted by atomic mass is 32.2. The summed E-state index contributed by atoms with van der Waals surface area (Å²) in [5.41, 5.74) is 5.93. The molecular weight excluding hydrogens is 618 g/mol. The summed E-state index contributed by atoms with van der Waals surface area (Å²) < 4.78 is 6.27. The molecule has 3 aromatic rings. The third-order valence-electron chi connectivity index (χ3n) is 9.25. The zero-order valence-corrected chi connectivity index (χ0v) is 28.0. The number of aryl methyl sites for hydroxylation is 2. The quantitative estimate of drug-likeness (QED) is 0.101. The molecule has 2 heterocycles. The fourth-order valence-electron chi connectivity index (χ4n) is 5.90. The fraction of sp³-hybridized carbons (Fsp3) is 0.528. The van der Waals surface area contributed by atoms with Crippen molar-refractivity contribution in [1.29, 1.82) is 0 Å². The highest BCUT2D eigenvalue weighted by Gasteiger charge is 2.45. The number of carbonyl (C=O) groups excluding carboxylic acids is 1. The van der Waals surface area contributed by atoms with Gasteiger partial charge in [-0.3, -0.25) is 9.78 Å². The van der Waals surface area contributed by atoms with Gasteiger partial charge < -0.3 is 35.2 Å². The maximum atomic E-state index is 12.6. The number of pyridine rings is 2. The van der Waals surface area contributed by atoms with Gasteiger partial charge in [0.2, 0.25) is 5.91 Å². The number of nitrogens with zero attached hydrogens (tertiary/aromatic N) is 3. The number of ether oxygens (including phenoxy) is 1. The van der Waals surface area contributed by atoms with Crippen molar-refractivity contribution in [2.45, 2.75) is 99.3 Å². The topological polar surface area (TPSA) is 156 Å². The van der Waals surface area contributed by atoms with Gasteiger partial charge in [-0.2, -0.15) is 0 Å². The maximum absolute atomic E-state index is 12.6. The molecule has 2 aromatic heterocycles. The molecule has 1 amide bonds. The van der Waals surface area contributed by atoms with Crippen LogP contribution in [0.2, 0.25) is 0 Å². The van der Waals surface area contributed by atoms with Gasteiger partial charge in [0, 0.05) is 43.7 Å². The van der Waals surface area contributed by atoms with Crippen LogP contribution >= 0.6 is 11.8 Å². The van der Waals surface area contributed by atoms with Crippen molar-refractivity contribution in [2.24, 2.45) is 0 Å². The number of benzene rings is 1. The Kier molecular flexibility index (Phi) is 11.9. The second kappa shape index (κ2) is 15.9. The highest BCUT2D eigenvalue weighted by molar-refractivity contribution is 7.99. The minimum atomic E-state index is -1.72. The molecule has 0 saturated heterocycles. The lowest BCUT2D eigenvalue weighted by atomic mass is 9.85. The first-order chi connectivity index (χ1) is 22.6. The van der Waals surface area contributed by atoms with Crippen molar-refractivity contribution in [2.75, 3.05) is 26.0 Å². The van der Waals surface area contributed by atoms with E-state index in [4.69, 9.17) is 14.8 Å². The number of aromatic nitrogens is 2. The summed E-state index contributed by atoms with van der Waals surface area (Å²) >= 11 is 1.60. The Morgan fingerprint density at radius 1 is 1.04 bits per heavy atom. The van der Waals surface area contributed by atoms with E-state index in [1.54, 1.807) is 11.8 Å². The van der Waals surface area contributed by atoms with Gasteiger partial charge in [-0.1, -0.05) is 24.3 Å². The molecule has 10 nitrogen and oxygen atoms in total. The first-order valence-electron chi connectivity index (χ1n) is 16.5. The summed E-state index contributed by atoms with van der Waals surface area (Å²) in [4.78, 5) is 23.4. The number of rotatable bonds is 18. The van der Waals surface area contributed by atoms with E-state index in [-0.39, 0.29) is 24.3 Å². The Labute approximate surface area is 280 Å². The molecule has 5 rings (SSSR count). The molecule has 0 radical (unpaired) electrons. The molecule has 2 aliphatic carbocycles. The number of carbonyl (C=O) groups is 1. The van der Waals surface area contributed by atoms with E-state index in [0.717, 1.165) is 66.1 Å². The molecule has 254 valence electrons. The van der Waals surface area contributed by atoms with Gasteiger partial charge in [0.05, 0.1) is 17.7 Å². The van der Waals surface area contributed by atoms with E-state index in [0.29, 0.717) is 18.3 Å². The number of aliphatic hydroxyl groups excluding tert-OH is 5. The largest absolute Gasteiger partial charge is 0.490 e. The Balaban J connectivity index is 1.13. The minimum absolute atomic E-state index is 0.0697. The maximum Gasteiger partial charge on any atom is 0.222 e. The summed E-state index contributed by atoms with van der Waals surface area (Å²) in [7, 11) is 1.51. The lowest BCUT2D eigenvalue weighted by Crippen LogP contribution is -2.49. The standard InChI is InChI=1S/C36H47N3O7S/c1-23-9-12-32(47-19-5-8-33(43)39(2)21-29(41)34(44)35(45)30(42)22-40)38-28(23)13-15-36(16-17-36)27-20-37-18-14-25(27)26-6-3-4-7-31(26)46-24-10-11-24/h3-4,6-7,9,12,14,18,20,24,29-30,34-35,40-42,44-45H,5,8,10-11,13,15-17,19,21-22H2,1-2H3/t29-,30+,34+,35+/m0/s1. The molecule has 5 N–H and O–H groups in total. The normalized spacial score (nSPS) is 17.9. The van der Waals surface area contributed by atoms with Crippen LogP contribution in [0.5, 0.6) is 5.75 Å². The second-order valence-electron chi connectivity index (χ2n) is 13.0. The van der Waals surface area contributed by atoms with Gasteiger partial charge in [0.25, 0.3) is 0 Å². The van der Waals surface area contributed by atoms with E-state index in [1.807, 2.05) is 24.5 Å². The summed E-state index contributed by atoms with van der Waals surface area (Å²) in [5.74, 6) is 1.42. The van der Waals surface area contributed by atoms with Gasteiger partial charge in [0.15, 0.2) is 0 Å². The van der Waals surface area contributed by atoms with Crippen molar-refractivity contribution >= 4 is 17.7 Å². The molecule has 11 heteroatoms. The van der Waals surface area contributed by atoms with E-state index in [9.17, 15) is 25.2 Å². The van der Waals surface area contributed by atoms with E-state index in [2.05, 4.69) is 42.2 Å². The number of hydrogen-bond donors (Lipinski definition) is 5. The van der Waals surface area contributed by atoms with Crippen LogP contribution in [-0.2, 0) is 16.6 Å². The predicted octanol–water partition coefficient (Wildman–Crippen LogP) is 3.42. The Morgan fingerprint density at radius 3 is 2.51 bits per heavy atom. The zero-order chi connectivity index (χ0) is 33.6. The van der Waals surface area contributed by atoms with Crippen molar-refractivity contribution < 1.29 is 35.1 Å². The van der Waals surface area contributed by atoms with Crippen LogP contribution in [0.15, 0.2) is 59.9 Å². The Bertz CT molecular complexity index is 1500. The molecule has 2 aliphatic rings. The molecule has 0 bridgehead atoms. The van der Waals surface area contributed by atoms with Gasteiger partial charge in [-0.25, -0.2) is 4.98 Å². The summed E-state index contributed by atoms with van der Waals surface area (Å²) in [5, 5.41) is 49.3. The van der Waals surface area contributed by atoms with Gasteiger partial charge in [0.1, 0.15) is 30.2 Å². The number of thioether (sulfide) groups is 1. The first-order valence-corrected chi connectivity index (χ1v) is 17.5. The van der Waals surface area contributed by atoms with Crippen LogP contribution in [0.25, 0.3) is 11.1 Å².